The van der Waals surface area contributed by atoms with E-state index in [2.05, 4.69) is 34.9 Å². The van der Waals surface area contributed by atoms with E-state index < -0.39 is 20.0 Å². The molecule has 9 nitrogen and oxygen atoms in total. The molecule has 0 aromatic heterocycles. The fourth-order valence-electron chi connectivity index (χ4n) is 1.48. The first-order valence-electron chi connectivity index (χ1n) is 9.13. The number of hydrogen-bond donors (Lipinski definition) is 3. The van der Waals surface area contributed by atoms with Gasteiger partial charge in [-0.15, -0.1) is 0 Å². The highest BCUT2D eigenvalue weighted by atomic mass is 32.2. The maximum atomic E-state index is 10.9. The first kappa shape index (κ1) is 33.0. The van der Waals surface area contributed by atoms with Crippen molar-refractivity contribution in [1.82, 2.24) is 10.0 Å². The number of Topliss-reactive ketones (excluding diaryl/α,β-unsaturated/α-hetero) is 2. The lowest BCUT2D eigenvalue weighted by molar-refractivity contribution is -0.116. The number of rotatable bonds is 12. The van der Waals surface area contributed by atoms with E-state index in [9.17, 15) is 26.4 Å². The zero-order valence-electron chi connectivity index (χ0n) is 18.7. The summed E-state index contributed by atoms with van der Waals surface area (Å²) in [4.78, 5) is 21.8. The van der Waals surface area contributed by atoms with Crippen molar-refractivity contribution in [2.24, 2.45) is 5.14 Å². The molecule has 0 radical (unpaired) electrons. The number of nitrogens with two attached hydrogens (primary N) is 1. The Morgan fingerprint density at radius 2 is 1.33 bits per heavy atom. The van der Waals surface area contributed by atoms with Gasteiger partial charge in [-0.2, -0.15) is 0 Å². The van der Waals surface area contributed by atoms with E-state index in [1.807, 2.05) is 6.92 Å². The molecule has 176 valence electrons. The minimum atomic E-state index is -3.32. The molecule has 0 heterocycles. The molecule has 0 spiro atoms. The molecule has 30 heavy (non-hydrogen) atoms. The molecule has 0 saturated heterocycles. The van der Waals surface area contributed by atoms with E-state index in [1.165, 1.54) is 7.05 Å². The maximum Gasteiger partial charge on any atom is 0.212 e. The largest absolute Gasteiger partial charge is 0.317 e. The van der Waals surface area contributed by atoms with E-state index in [4.69, 9.17) is 0 Å². The number of nitrogens with one attached hydrogen (secondary N) is 2. The van der Waals surface area contributed by atoms with Gasteiger partial charge in [-0.3, -0.25) is 9.59 Å². The molecule has 0 aliphatic carbocycles. The fourth-order valence-corrected chi connectivity index (χ4v) is 2.82. The van der Waals surface area contributed by atoms with Crippen molar-refractivity contribution in [3.8, 4) is 0 Å². The third-order valence-corrected chi connectivity index (χ3v) is 5.35. The van der Waals surface area contributed by atoms with Crippen molar-refractivity contribution in [3.63, 3.8) is 0 Å². The van der Waals surface area contributed by atoms with E-state index >= 15 is 0 Å². The van der Waals surface area contributed by atoms with Crippen LogP contribution in [0.4, 0.5) is 0 Å². The second-order valence-corrected chi connectivity index (χ2v) is 10.2. The first-order valence-corrected chi connectivity index (χ1v) is 12.5. The monoisotopic (exact) mass is 467 g/mol. The maximum absolute atomic E-state index is 10.9. The quantitative estimate of drug-likeness (QED) is 0.220. The van der Waals surface area contributed by atoms with Crippen LogP contribution < -0.4 is 15.2 Å². The van der Waals surface area contributed by atoms with Crippen LogP contribution in [0.3, 0.4) is 0 Å². The van der Waals surface area contributed by atoms with Gasteiger partial charge in [0.15, 0.2) is 11.6 Å². The molecule has 0 fully saturated rings. The summed E-state index contributed by atoms with van der Waals surface area (Å²) in [6, 6.07) is 0. The van der Waals surface area contributed by atoms with Gasteiger partial charge in [-0.05, 0) is 45.5 Å². The van der Waals surface area contributed by atoms with E-state index in [-0.39, 0.29) is 29.5 Å². The van der Waals surface area contributed by atoms with E-state index in [0.29, 0.717) is 23.1 Å². The minimum Gasteiger partial charge on any atom is -0.317 e. The molecule has 4 N–H and O–H groups in total. The molecule has 0 amide bonds. The lowest BCUT2D eigenvalue weighted by Gasteiger charge is -2.00. The molecule has 0 unspecified atom stereocenters. The van der Waals surface area contributed by atoms with Crippen LogP contribution in [-0.4, -0.2) is 60.0 Å². The van der Waals surface area contributed by atoms with Gasteiger partial charge in [0, 0.05) is 19.4 Å². The third-order valence-electron chi connectivity index (χ3n) is 3.09. The molecule has 0 saturated carbocycles. The summed E-state index contributed by atoms with van der Waals surface area (Å²) >= 11 is 0. The second kappa shape index (κ2) is 17.1. The molecule has 0 aromatic rings. The summed E-state index contributed by atoms with van der Waals surface area (Å²) in [5.41, 5.74) is 1.60. The van der Waals surface area contributed by atoms with Gasteiger partial charge in [-0.1, -0.05) is 32.2 Å². The predicted octanol–water partition coefficient (Wildman–Crippen LogP) is 1.05. The molecule has 0 atom stereocenters. The van der Waals surface area contributed by atoms with Gasteiger partial charge in [-0.25, -0.2) is 26.7 Å². The SMILES string of the molecule is C=C(C)C(=O)CCNCC.C=C(C)C(=O)CCS(=O)(=O)NC.C=C(C)CS(N)(=O)=O. The minimum absolute atomic E-state index is 0.00148. The molecule has 0 aliphatic rings. The summed E-state index contributed by atoms with van der Waals surface area (Å²) in [6.07, 6.45) is 0.571. The normalized spacial score (nSPS) is 10.6. The Bertz CT molecular complexity index is 800. The number of carbonyl (C=O) groups is 2. The van der Waals surface area contributed by atoms with Crippen LogP contribution in [-0.2, 0) is 29.6 Å². The third kappa shape index (κ3) is 26.3. The molecule has 0 rings (SSSR count). The van der Waals surface area contributed by atoms with Gasteiger partial charge in [0.25, 0.3) is 0 Å². The van der Waals surface area contributed by atoms with Crippen molar-refractivity contribution in [2.45, 2.75) is 40.5 Å². The van der Waals surface area contributed by atoms with Crippen LogP contribution in [0.15, 0.2) is 36.5 Å². The summed E-state index contributed by atoms with van der Waals surface area (Å²) in [7, 11) is -5.26. The molecular formula is C19H37N3O6S2. The van der Waals surface area contributed by atoms with Crippen molar-refractivity contribution >= 4 is 31.6 Å². The smallest absolute Gasteiger partial charge is 0.212 e. The van der Waals surface area contributed by atoms with Crippen molar-refractivity contribution in [3.05, 3.63) is 36.5 Å². The molecule has 0 bridgehead atoms. The average Bonchev–Trinajstić information content (AvgIpc) is 2.58. The number of ketones is 2. The molecule has 0 aromatic carbocycles. The second-order valence-electron chi connectivity index (χ2n) is 6.55. The Morgan fingerprint density at radius 3 is 1.60 bits per heavy atom. The number of allylic oxidation sites excluding steroid dienone is 2. The van der Waals surface area contributed by atoms with Crippen LogP contribution in [0.2, 0.25) is 0 Å². The highest BCUT2D eigenvalue weighted by molar-refractivity contribution is 7.89. The van der Waals surface area contributed by atoms with Crippen LogP contribution in [0.5, 0.6) is 0 Å². The highest BCUT2D eigenvalue weighted by Crippen LogP contribution is 1.97. The van der Waals surface area contributed by atoms with E-state index in [0.717, 1.165) is 13.1 Å². The van der Waals surface area contributed by atoms with Gasteiger partial charge < -0.3 is 5.32 Å². The number of carbonyl (C=O) groups excluding carboxylic acids is 2. The van der Waals surface area contributed by atoms with Crippen molar-refractivity contribution in [1.29, 1.82) is 0 Å². The molecular weight excluding hydrogens is 430 g/mol. The van der Waals surface area contributed by atoms with Crippen molar-refractivity contribution < 1.29 is 26.4 Å². The topological polar surface area (TPSA) is 152 Å². The Labute approximate surface area is 182 Å². The van der Waals surface area contributed by atoms with Gasteiger partial charge >= 0.3 is 0 Å². The molecule has 0 aliphatic heterocycles. The fraction of sp³-hybridized carbons (Fsp3) is 0.579. The number of primary sulfonamides is 1. The van der Waals surface area contributed by atoms with Crippen molar-refractivity contribution in [2.75, 3.05) is 31.6 Å². The van der Waals surface area contributed by atoms with Gasteiger partial charge in [0.2, 0.25) is 20.0 Å². The van der Waals surface area contributed by atoms with Crippen LogP contribution in [0.1, 0.15) is 40.5 Å². The highest BCUT2D eigenvalue weighted by Gasteiger charge is 2.10. The Kier molecular flexibility index (Phi) is 18.8. The number of sulfonamides is 2. The van der Waals surface area contributed by atoms with E-state index in [1.54, 1.807) is 20.8 Å². The summed E-state index contributed by atoms with van der Waals surface area (Å²) < 4.78 is 44.1. The summed E-state index contributed by atoms with van der Waals surface area (Å²) in [6.45, 7) is 19.0. The lowest BCUT2D eigenvalue weighted by atomic mass is 10.2. The standard InChI is InChI=1S/C8H15NO.C7H13NO3S.C4H9NO2S/c1-4-9-6-5-8(10)7(2)3;1-6(2)7(9)4-5-12(10,11)8-3;1-4(2)3-8(5,6)7/h9H,2,4-6H2,1,3H3;8H,1,4-5H2,2-3H3;1,3H2,2H3,(H2,5,6,7). The molecule has 11 heteroatoms. The summed E-state index contributed by atoms with van der Waals surface area (Å²) in [5.74, 6) is -0.350. The zero-order chi connectivity index (χ0) is 24.5. The zero-order valence-corrected chi connectivity index (χ0v) is 20.3. The average molecular weight is 468 g/mol. The Hall–Kier alpha value is -1.66. The Morgan fingerprint density at radius 1 is 0.900 bits per heavy atom. The van der Waals surface area contributed by atoms with Gasteiger partial charge in [0.05, 0.1) is 11.5 Å². The number of hydrogen-bond acceptors (Lipinski definition) is 7. The van der Waals surface area contributed by atoms with Crippen LogP contribution >= 0.6 is 0 Å². The lowest BCUT2D eigenvalue weighted by Crippen LogP contribution is -2.23. The summed E-state index contributed by atoms with van der Waals surface area (Å²) in [5, 5.41) is 7.72. The Balaban J connectivity index is -0.000000372. The first-order chi connectivity index (χ1) is 13.5. The van der Waals surface area contributed by atoms with Crippen LogP contribution in [0, 0.1) is 0 Å². The van der Waals surface area contributed by atoms with Gasteiger partial charge in [0.1, 0.15) is 0 Å². The van der Waals surface area contributed by atoms with Crippen LogP contribution in [0.25, 0.3) is 0 Å². The predicted molar refractivity (Wildman–Crippen MR) is 123 cm³/mol.